The molecule has 0 bridgehead atoms. The molecular weight excluding hydrogens is 671 g/mol. The highest BCUT2D eigenvalue weighted by molar-refractivity contribution is 6.12. The number of hydrogen-bond acceptors (Lipinski definition) is 4. The minimum Gasteiger partial charge on any atom is -0.456 e. The number of benzene rings is 8. The minimum atomic E-state index is 0.607. The van der Waals surface area contributed by atoms with Gasteiger partial charge in [0, 0.05) is 27.5 Å². The van der Waals surface area contributed by atoms with E-state index in [-0.39, 0.29) is 0 Å². The molecule has 0 fully saturated rings. The van der Waals surface area contributed by atoms with Crippen LogP contribution in [0.3, 0.4) is 0 Å². The quantitative estimate of drug-likeness (QED) is 0.166. The van der Waals surface area contributed by atoms with E-state index < -0.39 is 0 Å². The van der Waals surface area contributed by atoms with E-state index in [2.05, 4.69) is 158 Å². The number of fused-ring (bicyclic) bond motifs is 3. The van der Waals surface area contributed by atoms with Crippen LogP contribution in [0.2, 0.25) is 0 Å². The second-order valence-electron chi connectivity index (χ2n) is 13.6. The van der Waals surface area contributed by atoms with Gasteiger partial charge in [0.05, 0.1) is 0 Å². The first kappa shape index (κ1) is 32.2. The van der Waals surface area contributed by atoms with Crippen molar-refractivity contribution in [2.24, 2.45) is 0 Å². The second kappa shape index (κ2) is 13.8. The Kier molecular flexibility index (Phi) is 8.12. The highest BCUT2D eigenvalue weighted by atomic mass is 16.3. The summed E-state index contributed by atoms with van der Waals surface area (Å²) in [4.78, 5) is 15.6. The summed E-state index contributed by atoms with van der Waals surface area (Å²) >= 11 is 0. The first-order chi connectivity index (χ1) is 27.3. The number of furan rings is 1. The van der Waals surface area contributed by atoms with Gasteiger partial charge in [0.15, 0.2) is 17.5 Å². The van der Waals surface area contributed by atoms with E-state index in [9.17, 15) is 0 Å². The smallest absolute Gasteiger partial charge is 0.164 e. The van der Waals surface area contributed by atoms with Crippen LogP contribution >= 0.6 is 0 Å². The Bertz CT molecular complexity index is 2950. The maximum Gasteiger partial charge on any atom is 0.164 e. The van der Waals surface area contributed by atoms with Crippen LogP contribution in [0.1, 0.15) is 0 Å². The molecule has 0 atom stereocenters. The molecule has 2 aromatic heterocycles. The van der Waals surface area contributed by atoms with Crippen LogP contribution in [0, 0.1) is 0 Å². The van der Waals surface area contributed by atoms with E-state index in [4.69, 9.17) is 19.4 Å². The Morgan fingerprint density at radius 2 is 0.655 bits per heavy atom. The fraction of sp³-hybridized carbons (Fsp3) is 0. The number of hydrogen-bond donors (Lipinski definition) is 0. The normalized spacial score (nSPS) is 11.3. The summed E-state index contributed by atoms with van der Waals surface area (Å²) in [5, 5.41) is 2.22. The van der Waals surface area contributed by atoms with Crippen LogP contribution in [-0.4, -0.2) is 15.0 Å². The van der Waals surface area contributed by atoms with Crippen LogP contribution in [0.4, 0.5) is 0 Å². The van der Waals surface area contributed by atoms with Crippen molar-refractivity contribution in [3.8, 4) is 78.7 Å². The topological polar surface area (TPSA) is 51.8 Å². The summed E-state index contributed by atoms with van der Waals surface area (Å²) in [5.41, 5.74) is 13.4. The van der Waals surface area contributed by atoms with Gasteiger partial charge in [-0.05, 0) is 56.6 Å². The largest absolute Gasteiger partial charge is 0.456 e. The fourth-order valence-corrected chi connectivity index (χ4v) is 7.51. The van der Waals surface area contributed by atoms with Crippen molar-refractivity contribution in [2.75, 3.05) is 0 Å². The van der Waals surface area contributed by atoms with Crippen LogP contribution in [0.15, 0.2) is 205 Å². The van der Waals surface area contributed by atoms with Crippen molar-refractivity contribution in [2.45, 2.75) is 0 Å². The van der Waals surface area contributed by atoms with Gasteiger partial charge in [0.25, 0.3) is 0 Å². The molecule has 0 saturated heterocycles. The van der Waals surface area contributed by atoms with Crippen LogP contribution < -0.4 is 0 Å². The molecule has 55 heavy (non-hydrogen) atoms. The lowest BCUT2D eigenvalue weighted by Gasteiger charge is -2.14. The molecule has 4 heteroatoms. The molecule has 0 amide bonds. The van der Waals surface area contributed by atoms with Gasteiger partial charge in [-0.25, -0.2) is 15.0 Å². The highest BCUT2D eigenvalue weighted by Crippen LogP contribution is 2.39. The van der Waals surface area contributed by atoms with E-state index in [0.717, 1.165) is 72.0 Å². The average Bonchev–Trinajstić information content (AvgIpc) is 3.66. The molecule has 258 valence electrons. The zero-order chi connectivity index (χ0) is 36.6. The zero-order valence-electron chi connectivity index (χ0n) is 29.8. The number of para-hydroxylation sites is 1. The Morgan fingerprint density at radius 1 is 0.255 bits per heavy atom. The molecule has 10 aromatic rings. The summed E-state index contributed by atoms with van der Waals surface area (Å²) < 4.78 is 6.20. The van der Waals surface area contributed by atoms with E-state index in [1.165, 1.54) is 11.1 Å². The van der Waals surface area contributed by atoms with Gasteiger partial charge in [-0.15, -0.1) is 0 Å². The number of rotatable bonds is 7. The standard InChI is InChI=1S/C51H33N3O/c1-3-14-34(15-4-1)35-26-28-37(29-27-35)41-19-8-10-21-44(41)51-53-49(52-50(54-51)43-20-9-7-18-40(43)36-16-5-2-6-17-36)39-32-30-38(31-33-39)42-23-13-25-47-48(42)45-22-11-12-24-46(45)55-47/h1-33H. The maximum atomic E-state index is 6.20. The molecular formula is C51H33N3O. The third kappa shape index (κ3) is 6.06. The molecule has 8 aromatic carbocycles. The van der Waals surface area contributed by atoms with E-state index in [1.54, 1.807) is 0 Å². The lowest BCUT2D eigenvalue weighted by atomic mass is 9.96. The lowest BCUT2D eigenvalue weighted by Crippen LogP contribution is -2.02. The van der Waals surface area contributed by atoms with Crippen molar-refractivity contribution in [3.05, 3.63) is 200 Å². The first-order valence-electron chi connectivity index (χ1n) is 18.4. The number of aromatic nitrogens is 3. The molecule has 0 N–H and O–H groups in total. The SMILES string of the molecule is c1ccc(-c2ccc(-c3ccccc3-c3nc(-c4ccc(-c5cccc6oc7ccccc7c56)cc4)nc(-c4ccccc4-c4ccccc4)n3)cc2)cc1. The van der Waals surface area contributed by atoms with Crippen molar-refractivity contribution < 1.29 is 4.42 Å². The third-order valence-electron chi connectivity index (χ3n) is 10.2. The molecule has 0 spiro atoms. The number of nitrogens with zero attached hydrogens (tertiary/aromatic N) is 3. The van der Waals surface area contributed by atoms with Crippen molar-refractivity contribution in [3.63, 3.8) is 0 Å². The van der Waals surface area contributed by atoms with Crippen LogP contribution in [-0.2, 0) is 0 Å². The van der Waals surface area contributed by atoms with Crippen molar-refractivity contribution >= 4 is 21.9 Å². The minimum absolute atomic E-state index is 0.607. The van der Waals surface area contributed by atoms with Gasteiger partial charge >= 0.3 is 0 Å². The summed E-state index contributed by atoms with van der Waals surface area (Å²) in [6, 6.07) is 69.2. The zero-order valence-corrected chi connectivity index (χ0v) is 29.8. The Morgan fingerprint density at radius 3 is 1.29 bits per heavy atom. The van der Waals surface area contributed by atoms with Crippen LogP contribution in [0.5, 0.6) is 0 Å². The molecule has 0 aliphatic heterocycles. The predicted octanol–water partition coefficient (Wildman–Crippen LogP) is 13.4. The summed E-state index contributed by atoms with van der Waals surface area (Å²) in [5.74, 6) is 1.84. The molecule has 10 rings (SSSR count). The van der Waals surface area contributed by atoms with Gasteiger partial charge in [0.1, 0.15) is 11.2 Å². The summed E-state index contributed by atoms with van der Waals surface area (Å²) in [6.45, 7) is 0. The first-order valence-corrected chi connectivity index (χ1v) is 18.4. The summed E-state index contributed by atoms with van der Waals surface area (Å²) in [7, 11) is 0. The molecule has 4 nitrogen and oxygen atoms in total. The van der Waals surface area contributed by atoms with Gasteiger partial charge in [-0.1, -0.05) is 188 Å². The highest BCUT2D eigenvalue weighted by Gasteiger charge is 2.19. The van der Waals surface area contributed by atoms with Gasteiger partial charge in [-0.2, -0.15) is 0 Å². The predicted molar refractivity (Wildman–Crippen MR) is 225 cm³/mol. The molecule has 0 aliphatic carbocycles. The van der Waals surface area contributed by atoms with Gasteiger partial charge < -0.3 is 4.42 Å². The Balaban J connectivity index is 1.11. The van der Waals surface area contributed by atoms with Gasteiger partial charge in [-0.3, -0.25) is 0 Å². The Labute approximate surface area is 319 Å². The van der Waals surface area contributed by atoms with Crippen molar-refractivity contribution in [1.82, 2.24) is 15.0 Å². The lowest BCUT2D eigenvalue weighted by molar-refractivity contribution is 0.669. The molecule has 2 heterocycles. The van der Waals surface area contributed by atoms with Crippen molar-refractivity contribution in [1.29, 1.82) is 0 Å². The second-order valence-corrected chi connectivity index (χ2v) is 13.6. The Hall–Kier alpha value is -7.43. The summed E-state index contributed by atoms with van der Waals surface area (Å²) in [6.07, 6.45) is 0. The van der Waals surface area contributed by atoms with E-state index in [1.807, 2.05) is 42.5 Å². The molecule has 0 unspecified atom stereocenters. The van der Waals surface area contributed by atoms with E-state index in [0.29, 0.717) is 17.5 Å². The third-order valence-corrected chi connectivity index (χ3v) is 10.2. The fourth-order valence-electron chi connectivity index (χ4n) is 7.51. The maximum absolute atomic E-state index is 6.20. The molecule has 0 saturated carbocycles. The van der Waals surface area contributed by atoms with E-state index >= 15 is 0 Å². The molecule has 0 aliphatic rings. The average molecular weight is 704 g/mol. The molecule has 0 radical (unpaired) electrons. The van der Waals surface area contributed by atoms with Gasteiger partial charge in [0.2, 0.25) is 0 Å². The monoisotopic (exact) mass is 703 g/mol. The van der Waals surface area contributed by atoms with Crippen LogP contribution in [0.25, 0.3) is 101 Å².